The number of nitrogens with zero attached hydrogens (tertiary/aromatic N) is 2. The highest BCUT2D eigenvalue weighted by atomic mass is 33.1. The number of allylic oxidation sites excluding steroid dienone is 2. The van der Waals surface area contributed by atoms with Crippen LogP contribution in [0.2, 0.25) is 0 Å². The van der Waals surface area contributed by atoms with Crippen molar-refractivity contribution in [2.75, 3.05) is 13.2 Å². The van der Waals surface area contributed by atoms with Crippen molar-refractivity contribution in [2.45, 2.75) is 0 Å². The van der Waals surface area contributed by atoms with Crippen LogP contribution in [-0.4, -0.2) is 28.2 Å². The molecule has 0 unspecified atom stereocenters. The maximum Gasteiger partial charge on any atom is 0.287 e. The molecule has 2 rings (SSSR count). The first-order chi connectivity index (χ1) is 9.19. The smallest absolute Gasteiger partial charge is 0.287 e. The van der Waals surface area contributed by atoms with Crippen molar-refractivity contribution >= 4 is 27.3 Å². The molecule has 1 aliphatic rings. The summed E-state index contributed by atoms with van der Waals surface area (Å²) >= 11 is 0. The lowest BCUT2D eigenvalue weighted by molar-refractivity contribution is -0.385. The van der Waals surface area contributed by atoms with Crippen LogP contribution in [0.1, 0.15) is 0 Å². The van der Waals surface area contributed by atoms with Gasteiger partial charge in [0.1, 0.15) is 12.8 Å². The summed E-state index contributed by atoms with van der Waals surface area (Å²) in [5.74, 6) is 0.342. The number of nitro groups is 1. The van der Waals surface area contributed by atoms with E-state index in [4.69, 9.17) is 9.84 Å². The normalized spacial score (nSPS) is 14.6. The van der Waals surface area contributed by atoms with Crippen molar-refractivity contribution in [1.82, 2.24) is 4.98 Å². The predicted molar refractivity (Wildman–Crippen MR) is 74.8 cm³/mol. The van der Waals surface area contributed by atoms with E-state index >= 15 is 0 Å². The number of rotatable bonds is 5. The minimum atomic E-state index is -0.506. The molecular formula is C11H10N2O4S2. The van der Waals surface area contributed by atoms with Crippen LogP contribution >= 0.6 is 21.6 Å². The van der Waals surface area contributed by atoms with Crippen molar-refractivity contribution in [2.24, 2.45) is 0 Å². The van der Waals surface area contributed by atoms with Crippen LogP contribution in [0.4, 0.5) is 5.69 Å². The minimum Gasteiger partial charge on any atom is -0.472 e. The van der Waals surface area contributed by atoms with Gasteiger partial charge in [-0.25, -0.2) is 4.98 Å². The number of aromatic nitrogens is 1. The standard InChI is InChI=1S/C11H10N2O4S2/c14-6-9-2-3-10(19-18-9)7-17-11-4-1-8(5-12-11)13(15)16/h1-5,14H,6-7H2. The summed E-state index contributed by atoms with van der Waals surface area (Å²) in [5.41, 5.74) is -0.0651. The molecule has 1 aromatic heterocycles. The Morgan fingerprint density at radius 3 is 2.58 bits per heavy atom. The number of ether oxygens (including phenoxy) is 1. The summed E-state index contributed by atoms with van der Waals surface area (Å²) < 4.78 is 5.42. The Hall–Kier alpha value is -1.51. The quantitative estimate of drug-likeness (QED) is 0.508. The molecular weight excluding hydrogens is 288 g/mol. The fourth-order valence-electron chi connectivity index (χ4n) is 1.21. The molecule has 0 saturated heterocycles. The lowest BCUT2D eigenvalue weighted by atomic mass is 10.4. The summed E-state index contributed by atoms with van der Waals surface area (Å²) in [4.78, 5) is 15.7. The monoisotopic (exact) mass is 298 g/mol. The molecule has 0 amide bonds. The number of aliphatic hydroxyl groups excluding tert-OH is 1. The van der Waals surface area contributed by atoms with Gasteiger partial charge in [0.25, 0.3) is 5.69 Å². The van der Waals surface area contributed by atoms with Gasteiger partial charge in [-0.15, -0.1) is 0 Å². The molecule has 0 fully saturated rings. The van der Waals surface area contributed by atoms with Gasteiger partial charge in [-0.05, 0) is 12.2 Å². The topological polar surface area (TPSA) is 85.5 Å². The Kier molecular flexibility index (Phi) is 4.83. The van der Waals surface area contributed by atoms with Crippen LogP contribution < -0.4 is 4.74 Å². The molecule has 0 saturated carbocycles. The molecule has 0 bridgehead atoms. The highest BCUT2D eigenvalue weighted by molar-refractivity contribution is 8.79. The van der Waals surface area contributed by atoms with Crippen molar-refractivity contribution in [3.8, 4) is 5.88 Å². The fraction of sp³-hybridized carbons (Fsp3) is 0.182. The summed E-state index contributed by atoms with van der Waals surface area (Å²) in [7, 11) is 2.99. The molecule has 1 N–H and O–H groups in total. The van der Waals surface area contributed by atoms with Gasteiger partial charge in [0.15, 0.2) is 0 Å². The van der Waals surface area contributed by atoms with E-state index in [0.29, 0.717) is 12.5 Å². The van der Waals surface area contributed by atoms with Crippen molar-refractivity contribution in [1.29, 1.82) is 0 Å². The Morgan fingerprint density at radius 1 is 1.32 bits per heavy atom. The predicted octanol–water partition coefficient (Wildman–Crippen LogP) is 2.52. The van der Waals surface area contributed by atoms with Crippen molar-refractivity contribution < 1.29 is 14.8 Å². The number of hydrogen-bond acceptors (Lipinski definition) is 7. The van der Waals surface area contributed by atoms with E-state index in [1.807, 2.05) is 12.2 Å². The van der Waals surface area contributed by atoms with E-state index in [1.165, 1.54) is 33.7 Å². The zero-order valence-electron chi connectivity index (χ0n) is 9.68. The second kappa shape index (κ2) is 6.60. The maximum atomic E-state index is 10.5. The largest absolute Gasteiger partial charge is 0.472 e. The third-order valence-corrected chi connectivity index (χ3v) is 4.73. The molecule has 100 valence electrons. The van der Waals surface area contributed by atoms with Gasteiger partial charge in [0.05, 0.1) is 11.5 Å². The Morgan fingerprint density at radius 2 is 2.05 bits per heavy atom. The summed E-state index contributed by atoms with van der Waals surface area (Å²) in [5, 5.41) is 19.4. The molecule has 19 heavy (non-hydrogen) atoms. The van der Waals surface area contributed by atoms with Gasteiger partial charge >= 0.3 is 0 Å². The lowest BCUT2D eigenvalue weighted by Gasteiger charge is -2.12. The van der Waals surface area contributed by atoms with Gasteiger partial charge in [-0.2, -0.15) is 0 Å². The summed E-state index contributed by atoms with van der Waals surface area (Å²) in [6.07, 6.45) is 4.87. The second-order valence-electron chi connectivity index (χ2n) is 3.49. The molecule has 2 heterocycles. The van der Waals surface area contributed by atoms with E-state index in [1.54, 1.807) is 0 Å². The van der Waals surface area contributed by atoms with Crippen LogP contribution in [0.5, 0.6) is 5.88 Å². The first kappa shape index (κ1) is 13.9. The zero-order chi connectivity index (χ0) is 13.7. The molecule has 1 aromatic rings. The molecule has 0 atom stereocenters. The van der Waals surface area contributed by atoms with Gasteiger partial charge in [-0.3, -0.25) is 10.1 Å². The zero-order valence-corrected chi connectivity index (χ0v) is 11.3. The second-order valence-corrected chi connectivity index (χ2v) is 5.87. The third kappa shape index (κ3) is 3.98. The van der Waals surface area contributed by atoms with E-state index < -0.39 is 4.92 Å². The van der Waals surface area contributed by atoms with Crippen LogP contribution in [0.15, 0.2) is 40.3 Å². The van der Waals surface area contributed by atoms with Crippen LogP contribution in [0.3, 0.4) is 0 Å². The minimum absolute atomic E-state index is 0.0339. The van der Waals surface area contributed by atoms with Gasteiger partial charge in [-0.1, -0.05) is 21.6 Å². The molecule has 0 spiro atoms. The van der Waals surface area contributed by atoms with Gasteiger partial charge < -0.3 is 9.84 Å². The molecule has 0 aromatic carbocycles. The third-order valence-electron chi connectivity index (χ3n) is 2.16. The molecule has 0 aliphatic carbocycles. The first-order valence-electron chi connectivity index (χ1n) is 5.27. The Labute approximate surface area is 117 Å². The maximum absolute atomic E-state index is 10.5. The fourth-order valence-corrected chi connectivity index (χ4v) is 3.11. The van der Waals surface area contributed by atoms with E-state index in [-0.39, 0.29) is 12.3 Å². The summed E-state index contributed by atoms with van der Waals surface area (Å²) in [6, 6.07) is 2.82. The van der Waals surface area contributed by atoms with Crippen molar-refractivity contribution in [3.63, 3.8) is 0 Å². The van der Waals surface area contributed by atoms with Gasteiger partial charge in [0, 0.05) is 21.9 Å². The van der Waals surface area contributed by atoms with Crippen LogP contribution in [0.25, 0.3) is 0 Å². The Balaban J connectivity index is 1.91. The highest BCUT2D eigenvalue weighted by Crippen LogP contribution is 2.39. The number of hydrogen-bond donors (Lipinski definition) is 1. The highest BCUT2D eigenvalue weighted by Gasteiger charge is 2.09. The van der Waals surface area contributed by atoms with E-state index in [9.17, 15) is 10.1 Å². The molecule has 6 nitrogen and oxygen atoms in total. The molecule has 1 aliphatic heterocycles. The SMILES string of the molecule is O=[N+]([O-])c1ccc(OCC2=CC=C(CO)SS2)nc1. The van der Waals surface area contributed by atoms with E-state index in [2.05, 4.69) is 4.98 Å². The van der Waals surface area contributed by atoms with Gasteiger partial charge in [0.2, 0.25) is 5.88 Å². The van der Waals surface area contributed by atoms with E-state index in [0.717, 1.165) is 16.0 Å². The first-order valence-corrected chi connectivity index (χ1v) is 7.42. The number of pyridine rings is 1. The van der Waals surface area contributed by atoms with Crippen LogP contribution in [0, 0.1) is 10.1 Å². The average molecular weight is 298 g/mol. The molecule has 0 radical (unpaired) electrons. The number of aliphatic hydroxyl groups is 1. The summed E-state index contributed by atoms with van der Waals surface area (Å²) in [6.45, 7) is 0.379. The Bertz CT molecular complexity index is 528. The average Bonchev–Trinajstić information content (AvgIpc) is 2.46. The lowest BCUT2D eigenvalue weighted by Crippen LogP contribution is -2.01. The van der Waals surface area contributed by atoms with Crippen LogP contribution in [-0.2, 0) is 0 Å². The molecule has 8 heteroatoms. The van der Waals surface area contributed by atoms with Crippen molar-refractivity contribution in [3.05, 3.63) is 50.4 Å².